The maximum atomic E-state index is 11.1. The highest BCUT2D eigenvalue weighted by Crippen LogP contribution is 2.30. The Bertz CT molecular complexity index is 399. The SMILES string of the molecule is CNC(CC(C)(C)C(=O)O)c1cccc(C)c1. The van der Waals surface area contributed by atoms with E-state index in [1.165, 1.54) is 5.56 Å². The minimum Gasteiger partial charge on any atom is -0.481 e. The molecule has 0 heterocycles. The normalized spacial score (nSPS) is 13.4. The summed E-state index contributed by atoms with van der Waals surface area (Å²) in [6.07, 6.45) is 0.572. The van der Waals surface area contributed by atoms with Gasteiger partial charge in [0.15, 0.2) is 0 Å². The molecule has 0 saturated carbocycles. The molecular formula is C14H21NO2. The lowest BCUT2D eigenvalue weighted by Gasteiger charge is -2.26. The number of aryl methyl sites for hydroxylation is 1. The second-order valence-corrected chi connectivity index (χ2v) is 5.15. The molecule has 94 valence electrons. The average molecular weight is 235 g/mol. The zero-order valence-electron chi connectivity index (χ0n) is 10.9. The Morgan fingerprint density at radius 3 is 2.59 bits per heavy atom. The summed E-state index contributed by atoms with van der Waals surface area (Å²) >= 11 is 0. The van der Waals surface area contributed by atoms with E-state index in [9.17, 15) is 4.79 Å². The van der Waals surface area contributed by atoms with Crippen molar-refractivity contribution in [3.63, 3.8) is 0 Å². The first-order valence-electron chi connectivity index (χ1n) is 5.84. The van der Waals surface area contributed by atoms with Gasteiger partial charge in [-0.15, -0.1) is 0 Å². The van der Waals surface area contributed by atoms with Crippen LogP contribution in [0.5, 0.6) is 0 Å². The van der Waals surface area contributed by atoms with Crippen LogP contribution in [-0.4, -0.2) is 18.1 Å². The first kappa shape index (κ1) is 13.7. The van der Waals surface area contributed by atoms with Crippen molar-refractivity contribution in [2.75, 3.05) is 7.05 Å². The minimum atomic E-state index is -0.759. The van der Waals surface area contributed by atoms with Crippen molar-refractivity contribution in [1.29, 1.82) is 0 Å². The summed E-state index contributed by atoms with van der Waals surface area (Å²) in [5, 5.41) is 12.4. The third-order valence-electron chi connectivity index (χ3n) is 3.09. The molecule has 1 unspecified atom stereocenters. The van der Waals surface area contributed by atoms with Crippen LogP contribution in [0.15, 0.2) is 24.3 Å². The molecule has 1 aromatic rings. The highest BCUT2D eigenvalue weighted by atomic mass is 16.4. The van der Waals surface area contributed by atoms with Gasteiger partial charge in [0.2, 0.25) is 0 Å². The van der Waals surface area contributed by atoms with Crippen molar-refractivity contribution in [3.8, 4) is 0 Å². The largest absolute Gasteiger partial charge is 0.481 e. The van der Waals surface area contributed by atoms with Crippen molar-refractivity contribution in [3.05, 3.63) is 35.4 Å². The topological polar surface area (TPSA) is 49.3 Å². The van der Waals surface area contributed by atoms with Crippen molar-refractivity contribution in [2.24, 2.45) is 5.41 Å². The molecule has 3 heteroatoms. The Morgan fingerprint density at radius 2 is 2.12 bits per heavy atom. The number of hydrogen-bond acceptors (Lipinski definition) is 2. The van der Waals surface area contributed by atoms with Gasteiger partial charge in [-0.25, -0.2) is 0 Å². The first-order chi connectivity index (χ1) is 7.86. The molecule has 2 N–H and O–H groups in total. The summed E-state index contributed by atoms with van der Waals surface area (Å²) in [7, 11) is 1.87. The van der Waals surface area contributed by atoms with E-state index in [1.807, 2.05) is 32.2 Å². The second-order valence-electron chi connectivity index (χ2n) is 5.15. The highest BCUT2D eigenvalue weighted by Gasteiger charge is 2.30. The fraction of sp³-hybridized carbons (Fsp3) is 0.500. The van der Waals surface area contributed by atoms with Crippen molar-refractivity contribution in [1.82, 2.24) is 5.32 Å². The zero-order chi connectivity index (χ0) is 13.1. The summed E-state index contributed by atoms with van der Waals surface area (Å²) in [5.41, 5.74) is 1.61. The van der Waals surface area contributed by atoms with Crippen LogP contribution in [0.1, 0.15) is 37.4 Å². The monoisotopic (exact) mass is 235 g/mol. The van der Waals surface area contributed by atoms with Crippen LogP contribution in [0.4, 0.5) is 0 Å². The van der Waals surface area contributed by atoms with Crippen molar-refractivity contribution in [2.45, 2.75) is 33.2 Å². The summed E-state index contributed by atoms with van der Waals surface area (Å²) < 4.78 is 0. The maximum Gasteiger partial charge on any atom is 0.309 e. The third-order valence-corrected chi connectivity index (χ3v) is 3.09. The number of aliphatic carboxylic acids is 1. The van der Waals surface area contributed by atoms with Gasteiger partial charge in [0.25, 0.3) is 0 Å². The van der Waals surface area contributed by atoms with E-state index in [0.717, 1.165) is 5.56 Å². The fourth-order valence-corrected chi connectivity index (χ4v) is 1.87. The lowest BCUT2D eigenvalue weighted by molar-refractivity contribution is -0.147. The molecule has 17 heavy (non-hydrogen) atoms. The quantitative estimate of drug-likeness (QED) is 0.825. The first-order valence-corrected chi connectivity index (χ1v) is 5.84. The molecule has 0 aromatic heterocycles. The van der Waals surface area contributed by atoms with Gasteiger partial charge in [-0.05, 0) is 39.8 Å². The Hall–Kier alpha value is -1.35. The number of carboxylic acid groups (broad SMARTS) is 1. The van der Waals surface area contributed by atoms with Crippen LogP contribution < -0.4 is 5.32 Å². The van der Waals surface area contributed by atoms with E-state index >= 15 is 0 Å². The van der Waals surface area contributed by atoms with E-state index < -0.39 is 11.4 Å². The Morgan fingerprint density at radius 1 is 1.47 bits per heavy atom. The van der Waals surface area contributed by atoms with Gasteiger partial charge in [-0.1, -0.05) is 29.8 Å². The van der Waals surface area contributed by atoms with Crippen LogP contribution in [0, 0.1) is 12.3 Å². The van der Waals surface area contributed by atoms with Gasteiger partial charge in [0.05, 0.1) is 5.41 Å². The molecule has 0 amide bonds. The Kier molecular flexibility index (Phi) is 4.29. The van der Waals surface area contributed by atoms with E-state index in [4.69, 9.17) is 5.11 Å². The lowest BCUT2D eigenvalue weighted by Crippen LogP contribution is -2.30. The van der Waals surface area contributed by atoms with Crippen molar-refractivity contribution >= 4 is 5.97 Å². The summed E-state index contributed by atoms with van der Waals surface area (Å²) in [6, 6.07) is 8.24. The predicted molar refractivity (Wildman–Crippen MR) is 69.0 cm³/mol. The number of nitrogens with one attached hydrogen (secondary N) is 1. The third kappa shape index (κ3) is 3.56. The number of rotatable bonds is 5. The van der Waals surface area contributed by atoms with Gasteiger partial charge < -0.3 is 10.4 Å². The molecule has 0 fully saturated rings. The van der Waals surface area contributed by atoms with Crippen LogP contribution in [-0.2, 0) is 4.79 Å². The van der Waals surface area contributed by atoms with Crippen LogP contribution >= 0.6 is 0 Å². The second kappa shape index (κ2) is 5.32. The van der Waals surface area contributed by atoms with Gasteiger partial charge in [-0.2, -0.15) is 0 Å². The van der Waals surface area contributed by atoms with Crippen LogP contribution in [0.2, 0.25) is 0 Å². The van der Waals surface area contributed by atoms with E-state index in [2.05, 4.69) is 11.4 Å². The van der Waals surface area contributed by atoms with Crippen LogP contribution in [0.25, 0.3) is 0 Å². The zero-order valence-corrected chi connectivity index (χ0v) is 10.9. The van der Waals surface area contributed by atoms with Gasteiger partial charge in [0.1, 0.15) is 0 Å². The van der Waals surface area contributed by atoms with E-state index in [1.54, 1.807) is 13.8 Å². The lowest BCUT2D eigenvalue weighted by atomic mass is 9.83. The molecule has 0 aliphatic carbocycles. The van der Waals surface area contributed by atoms with E-state index in [0.29, 0.717) is 6.42 Å². The fourth-order valence-electron chi connectivity index (χ4n) is 1.87. The number of carboxylic acids is 1. The summed E-state index contributed by atoms with van der Waals surface area (Å²) in [4.78, 5) is 11.1. The molecule has 0 aliphatic rings. The number of carbonyl (C=O) groups is 1. The Labute approximate surface area is 103 Å². The highest BCUT2D eigenvalue weighted by molar-refractivity contribution is 5.73. The number of hydrogen-bond donors (Lipinski definition) is 2. The van der Waals surface area contributed by atoms with Crippen molar-refractivity contribution < 1.29 is 9.90 Å². The molecular weight excluding hydrogens is 214 g/mol. The van der Waals surface area contributed by atoms with Gasteiger partial charge in [-0.3, -0.25) is 4.79 Å². The summed E-state index contributed by atoms with van der Waals surface area (Å²) in [6.45, 7) is 5.56. The average Bonchev–Trinajstić information content (AvgIpc) is 2.25. The molecule has 0 spiro atoms. The molecule has 0 bridgehead atoms. The van der Waals surface area contributed by atoms with Crippen LogP contribution in [0.3, 0.4) is 0 Å². The maximum absolute atomic E-state index is 11.1. The summed E-state index contributed by atoms with van der Waals surface area (Å²) in [5.74, 6) is -0.759. The van der Waals surface area contributed by atoms with Gasteiger partial charge >= 0.3 is 5.97 Å². The molecule has 1 rings (SSSR count). The molecule has 1 atom stereocenters. The molecule has 1 aromatic carbocycles. The molecule has 3 nitrogen and oxygen atoms in total. The predicted octanol–water partition coefficient (Wildman–Crippen LogP) is 2.76. The number of benzene rings is 1. The smallest absolute Gasteiger partial charge is 0.309 e. The minimum absolute atomic E-state index is 0.0704. The standard InChI is InChI=1S/C14H21NO2/c1-10-6-5-7-11(8-10)12(15-4)9-14(2,3)13(16)17/h5-8,12,15H,9H2,1-4H3,(H,16,17). The van der Waals surface area contributed by atoms with Gasteiger partial charge in [0, 0.05) is 6.04 Å². The molecule has 0 saturated heterocycles. The van der Waals surface area contributed by atoms with E-state index in [-0.39, 0.29) is 6.04 Å². The molecule has 0 radical (unpaired) electrons. The molecule has 0 aliphatic heterocycles. The Balaban J connectivity index is 2.90.